The summed E-state index contributed by atoms with van der Waals surface area (Å²) >= 11 is 0. The Morgan fingerprint density at radius 2 is 1.62 bits per heavy atom. The molecule has 7 heterocycles. The lowest BCUT2D eigenvalue weighted by molar-refractivity contribution is -0.0637. The maximum atomic E-state index is 13.6. The van der Waals surface area contributed by atoms with E-state index in [2.05, 4.69) is 29.9 Å². The van der Waals surface area contributed by atoms with Crippen molar-refractivity contribution in [1.29, 1.82) is 0 Å². The minimum atomic E-state index is -5.01. The fraction of sp³-hybridized carbons (Fsp3) is 0.524. The number of nitrogen functional groups attached to an aromatic ring is 1. The average molecular weight is 670 g/mol. The first-order chi connectivity index (χ1) is 21.3. The molecule has 4 unspecified atom stereocenters. The summed E-state index contributed by atoms with van der Waals surface area (Å²) in [6.07, 6.45) is -7.35. The molecule has 21 nitrogen and oxygen atoms in total. The number of phosphoric acid groups is 1. The molecule has 0 radical (unpaired) electrons. The number of phosphoric ester groups is 1. The number of anilines is 1. The van der Waals surface area contributed by atoms with Crippen LogP contribution < -0.4 is 11.3 Å². The lowest BCUT2D eigenvalue weighted by Crippen LogP contribution is -2.36. The van der Waals surface area contributed by atoms with Crippen LogP contribution in [0.5, 0.6) is 0 Å². The second-order valence-electron chi connectivity index (χ2n) is 10.1. The Morgan fingerprint density at radius 3 is 2.40 bits per heavy atom. The van der Waals surface area contributed by atoms with E-state index in [0.717, 1.165) is 0 Å². The van der Waals surface area contributed by atoms with E-state index < -0.39 is 90.7 Å². The molecule has 7 rings (SSSR count). The van der Waals surface area contributed by atoms with Crippen molar-refractivity contribution in [3.05, 3.63) is 35.2 Å². The first-order valence-corrected chi connectivity index (χ1v) is 15.6. The van der Waals surface area contributed by atoms with E-state index in [1.165, 1.54) is 28.1 Å². The van der Waals surface area contributed by atoms with Crippen LogP contribution in [0.25, 0.3) is 22.3 Å². The quantitative estimate of drug-likeness (QED) is 0.111. The number of aromatic amines is 1. The second kappa shape index (κ2) is 11.0. The number of fused-ring (bicyclic) bond motifs is 5. The van der Waals surface area contributed by atoms with E-state index in [4.69, 9.17) is 33.3 Å². The van der Waals surface area contributed by atoms with Crippen molar-refractivity contribution in [3.8, 4) is 0 Å². The van der Waals surface area contributed by atoms with Gasteiger partial charge in [0.1, 0.15) is 61.8 Å². The van der Waals surface area contributed by atoms with Gasteiger partial charge in [-0.05, 0) is 6.92 Å². The predicted octanol–water partition coefficient (Wildman–Crippen LogP) is -2.24. The molecule has 10 atom stereocenters. The Labute approximate surface area is 252 Å². The van der Waals surface area contributed by atoms with Gasteiger partial charge in [0.15, 0.2) is 35.1 Å². The van der Waals surface area contributed by atoms with Gasteiger partial charge >= 0.3 is 7.82 Å². The van der Waals surface area contributed by atoms with E-state index in [0.29, 0.717) is 0 Å². The smallest absolute Gasteiger partial charge is 0.387 e. The number of rotatable bonds is 2. The van der Waals surface area contributed by atoms with Gasteiger partial charge in [0.2, 0.25) is 0 Å². The fourth-order valence-electron chi connectivity index (χ4n) is 5.30. The second-order valence-corrected chi connectivity index (χ2v) is 12.4. The van der Waals surface area contributed by atoms with Crippen molar-refractivity contribution in [2.24, 2.45) is 0 Å². The Bertz CT molecular complexity index is 1940. The van der Waals surface area contributed by atoms with Gasteiger partial charge in [-0.1, -0.05) is 0 Å². The van der Waals surface area contributed by atoms with Crippen molar-refractivity contribution in [2.45, 2.75) is 56.0 Å². The fourth-order valence-corrected chi connectivity index (χ4v) is 7.02. The molecule has 45 heavy (non-hydrogen) atoms. The van der Waals surface area contributed by atoms with E-state index in [-0.39, 0.29) is 34.0 Å². The highest BCUT2D eigenvalue weighted by Crippen LogP contribution is 2.53. The number of nitrogens with two attached hydrogens (primary N) is 1. The first-order valence-electron chi connectivity index (χ1n) is 13.0. The standard InChI is InChI=1S/C21H27BN9O12P2/c1-7-28-18-11(19(34)29-7)27-6-31(18)21-15-12(32)8(40-21)2-38-44(22,35)42-14-9(3-39-45(36,37)43-15)41-20(13(14)33)30-5-26-10-16(23)24-4-25-17(10)30/h4-6,8-9,12-15,20-21,32-33H,2-3H2,1,22H3,(H,36,37)(H2,23,24,25)(H,28,29,34)/q-1/t8-,9-,12+,13?,14+,15?,20-,21-,44?/m1/s1. The molecule has 242 valence electrons. The molecule has 0 spiro atoms. The highest BCUT2D eigenvalue weighted by molar-refractivity contribution is 7.79. The van der Waals surface area contributed by atoms with Gasteiger partial charge in [0.25, 0.3) is 5.56 Å². The number of aliphatic hydroxyl groups is 2. The number of H-pyrrole nitrogens is 1. The highest BCUT2D eigenvalue weighted by atomic mass is 31.2. The summed E-state index contributed by atoms with van der Waals surface area (Å²) in [4.78, 5) is 46.2. The van der Waals surface area contributed by atoms with Crippen molar-refractivity contribution in [2.75, 3.05) is 18.9 Å². The maximum Gasteiger partial charge on any atom is 0.472 e. The maximum absolute atomic E-state index is 13.6. The molecule has 2 bridgehead atoms. The van der Waals surface area contributed by atoms with Gasteiger partial charge in [-0.2, -0.15) is 0 Å². The SMILES string of the molecule is [BH3-]P1(=O)OC[C@H]2O[C@@H](n3cnc4c(=O)[nH]c(C)nc43)C(OP(=O)(O)OC[C@H]3O[C@@H](n4cnc5c(N)ncnc54)C(O)[C@H]3O1)[C@H]2O. The minimum absolute atomic E-state index is 0.0467. The van der Waals surface area contributed by atoms with Crippen LogP contribution in [-0.4, -0.2) is 112 Å². The monoisotopic (exact) mass is 670 g/mol. The summed E-state index contributed by atoms with van der Waals surface area (Å²) in [6, 6.07) is 0. The zero-order valence-corrected chi connectivity index (χ0v) is 24.2. The van der Waals surface area contributed by atoms with Gasteiger partial charge in [0, 0.05) is 0 Å². The summed E-state index contributed by atoms with van der Waals surface area (Å²) in [5, 5.41) is 22.4. The molecule has 4 aromatic heterocycles. The van der Waals surface area contributed by atoms with E-state index >= 15 is 0 Å². The Kier molecular flexibility index (Phi) is 7.45. The molecule has 0 aliphatic carbocycles. The molecule has 3 aliphatic heterocycles. The van der Waals surface area contributed by atoms with E-state index in [1.54, 1.807) is 6.92 Å². The molecule has 4 aromatic rings. The number of aromatic nitrogens is 8. The molecular weight excluding hydrogens is 643 g/mol. The number of aryl methyl sites for hydroxylation is 1. The summed E-state index contributed by atoms with van der Waals surface area (Å²) in [5.74, 6) is 0.348. The van der Waals surface area contributed by atoms with Gasteiger partial charge in [-0.15, -0.1) is 0 Å². The lowest BCUT2D eigenvalue weighted by Gasteiger charge is -2.29. The number of nitrogens with one attached hydrogen (secondary N) is 1. The number of hydrogen-bond acceptors (Lipinski definition) is 17. The van der Waals surface area contributed by atoms with E-state index in [1.807, 2.05) is 0 Å². The van der Waals surface area contributed by atoms with Crippen LogP contribution in [0.1, 0.15) is 18.3 Å². The third-order valence-electron chi connectivity index (χ3n) is 7.32. The predicted molar refractivity (Wildman–Crippen MR) is 151 cm³/mol. The van der Waals surface area contributed by atoms with Crippen molar-refractivity contribution in [3.63, 3.8) is 0 Å². The lowest BCUT2D eigenvalue weighted by atomic mass is 10.1. The first kappa shape index (κ1) is 30.5. The summed E-state index contributed by atoms with van der Waals surface area (Å²) in [5.41, 5.74) is 5.82. The molecule has 0 amide bonds. The molecule has 3 saturated heterocycles. The molecular formula is C21H27BN9O12P2-. The van der Waals surface area contributed by atoms with Crippen LogP contribution in [-0.2, 0) is 36.7 Å². The van der Waals surface area contributed by atoms with Crippen molar-refractivity contribution >= 4 is 51.0 Å². The third-order valence-corrected chi connectivity index (χ3v) is 9.08. The van der Waals surface area contributed by atoms with Crippen LogP contribution in [0.15, 0.2) is 23.8 Å². The molecule has 0 aromatic carbocycles. The zero-order chi connectivity index (χ0) is 31.8. The average Bonchev–Trinajstić information content (AvgIpc) is 3.72. The molecule has 3 fully saturated rings. The van der Waals surface area contributed by atoms with Crippen LogP contribution in [0.3, 0.4) is 0 Å². The third kappa shape index (κ3) is 5.41. The van der Waals surface area contributed by atoms with Gasteiger partial charge < -0.3 is 48.9 Å². The topological polar surface area (TPSA) is 283 Å². The summed E-state index contributed by atoms with van der Waals surface area (Å²) < 4.78 is 63.7. The Morgan fingerprint density at radius 1 is 0.933 bits per heavy atom. The summed E-state index contributed by atoms with van der Waals surface area (Å²) in [6.45, 7) is 0.387. The van der Waals surface area contributed by atoms with Crippen LogP contribution >= 0.6 is 15.3 Å². The van der Waals surface area contributed by atoms with Gasteiger partial charge in [0.05, 0.1) is 33.4 Å². The van der Waals surface area contributed by atoms with Gasteiger partial charge in [-0.25, -0.2) is 29.5 Å². The minimum Gasteiger partial charge on any atom is -0.387 e. The van der Waals surface area contributed by atoms with Crippen molar-refractivity contribution < 1.29 is 51.8 Å². The van der Waals surface area contributed by atoms with Crippen molar-refractivity contribution in [1.82, 2.24) is 39.0 Å². The van der Waals surface area contributed by atoms with Crippen LogP contribution in [0.2, 0.25) is 0 Å². The number of ether oxygens (including phenoxy) is 2. The Balaban J connectivity index is 1.21. The van der Waals surface area contributed by atoms with Gasteiger partial charge in [-0.3, -0.25) is 23.0 Å². The van der Waals surface area contributed by atoms with E-state index in [9.17, 15) is 29.0 Å². The number of nitrogens with zero attached hydrogens (tertiary/aromatic N) is 7. The normalized spacial score (nSPS) is 37.7. The number of hydrogen-bond donors (Lipinski definition) is 5. The Hall–Kier alpha value is -3.14. The molecule has 0 saturated carbocycles. The number of aliphatic hydroxyl groups excluding tert-OH is 2. The molecule has 6 N–H and O–H groups in total. The van der Waals surface area contributed by atoms with Crippen LogP contribution in [0.4, 0.5) is 5.82 Å². The summed E-state index contributed by atoms with van der Waals surface area (Å²) in [7, 11) is -10.0. The molecule has 3 aliphatic rings. The highest BCUT2D eigenvalue weighted by Gasteiger charge is 2.52. The number of imidazole rings is 2. The molecule has 24 heteroatoms. The largest absolute Gasteiger partial charge is 0.472 e. The van der Waals surface area contributed by atoms with Crippen LogP contribution in [0, 0.1) is 6.92 Å². The zero-order valence-electron chi connectivity index (χ0n) is 22.4.